The fraction of sp³-hybridized carbons (Fsp3) is 0. The maximum atomic E-state index is 4.33. The standard InChI is InChI=1S/C15H12N4/c1-2-8-13(9-3-1)17-19-18-14-10-4-6-12-7-5-11-16-15(12)14/h1-11H,(H,17,18). The van der Waals surface area contributed by atoms with E-state index < -0.39 is 0 Å². The highest BCUT2D eigenvalue weighted by Crippen LogP contribution is 2.23. The van der Waals surface area contributed by atoms with E-state index in [0.717, 1.165) is 22.3 Å². The normalized spacial score (nSPS) is 10.9. The summed E-state index contributed by atoms with van der Waals surface area (Å²) in [4.78, 5) is 4.33. The van der Waals surface area contributed by atoms with E-state index in [1.807, 2.05) is 60.7 Å². The van der Waals surface area contributed by atoms with Gasteiger partial charge in [0.05, 0.1) is 11.2 Å². The van der Waals surface area contributed by atoms with E-state index in [4.69, 9.17) is 0 Å². The second-order valence-corrected chi connectivity index (χ2v) is 4.03. The van der Waals surface area contributed by atoms with E-state index in [1.165, 1.54) is 0 Å². The Morgan fingerprint density at radius 2 is 1.68 bits per heavy atom. The molecule has 0 saturated heterocycles. The summed E-state index contributed by atoms with van der Waals surface area (Å²) in [7, 11) is 0. The molecule has 0 unspecified atom stereocenters. The van der Waals surface area contributed by atoms with Gasteiger partial charge in [0.1, 0.15) is 5.69 Å². The first-order valence-corrected chi connectivity index (χ1v) is 5.99. The molecule has 19 heavy (non-hydrogen) atoms. The minimum Gasteiger partial charge on any atom is -0.260 e. The predicted molar refractivity (Wildman–Crippen MR) is 76.3 cm³/mol. The number of nitrogens with one attached hydrogen (secondary N) is 1. The lowest BCUT2D eigenvalue weighted by molar-refractivity contribution is 1.13. The van der Waals surface area contributed by atoms with Gasteiger partial charge in [-0.25, -0.2) is 0 Å². The smallest absolute Gasteiger partial charge is 0.114 e. The third-order valence-corrected chi connectivity index (χ3v) is 2.72. The molecule has 1 heterocycles. The number of para-hydroxylation sites is 2. The Balaban J connectivity index is 1.85. The minimum atomic E-state index is 0.751. The van der Waals surface area contributed by atoms with Crippen molar-refractivity contribution in [3.8, 4) is 0 Å². The van der Waals surface area contributed by atoms with E-state index >= 15 is 0 Å². The molecule has 0 atom stereocenters. The van der Waals surface area contributed by atoms with Crippen LogP contribution in [0, 0.1) is 0 Å². The molecule has 0 spiro atoms. The molecule has 4 nitrogen and oxygen atoms in total. The first-order valence-electron chi connectivity index (χ1n) is 5.99. The largest absolute Gasteiger partial charge is 0.260 e. The molecule has 3 rings (SSSR count). The van der Waals surface area contributed by atoms with Crippen LogP contribution in [0.5, 0.6) is 0 Å². The Labute approximate surface area is 110 Å². The van der Waals surface area contributed by atoms with Crippen molar-refractivity contribution in [2.24, 2.45) is 10.3 Å². The van der Waals surface area contributed by atoms with Crippen LogP contribution in [0.4, 0.5) is 11.4 Å². The highest BCUT2D eigenvalue weighted by molar-refractivity contribution is 5.88. The summed E-state index contributed by atoms with van der Waals surface area (Å²) in [5.41, 5.74) is 5.39. The summed E-state index contributed by atoms with van der Waals surface area (Å²) < 4.78 is 0. The number of benzene rings is 2. The fourth-order valence-electron chi connectivity index (χ4n) is 1.82. The third kappa shape index (κ3) is 2.57. The Kier molecular flexibility index (Phi) is 3.14. The highest BCUT2D eigenvalue weighted by atomic mass is 15.4. The lowest BCUT2D eigenvalue weighted by Gasteiger charge is -2.00. The zero-order valence-corrected chi connectivity index (χ0v) is 10.2. The molecule has 0 aliphatic heterocycles. The van der Waals surface area contributed by atoms with E-state index in [0.29, 0.717) is 0 Å². The van der Waals surface area contributed by atoms with Gasteiger partial charge in [-0.1, -0.05) is 41.6 Å². The van der Waals surface area contributed by atoms with Gasteiger partial charge < -0.3 is 0 Å². The van der Waals surface area contributed by atoms with E-state index in [1.54, 1.807) is 6.20 Å². The first-order chi connectivity index (χ1) is 9.43. The number of anilines is 1. The maximum absolute atomic E-state index is 4.33. The molecule has 2 aromatic carbocycles. The molecule has 0 aliphatic rings. The summed E-state index contributed by atoms with van der Waals surface area (Å²) >= 11 is 0. The number of aromatic nitrogens is 1. The molecule has 0 radical (unpaired) electrons. The quantitative estimate of drug-likeness (QED) is 0.553. The summed E-state index contributed by atoms with van der Waals surface area (Å²) in [5.74, 6) is 0. The average molecular weight is 248 g/mol. The van der Waals surface area contributed by atoms with Crippen molar-refractivity contribution < 1.29 is 0 Å². The van der Waals surface area contributed by atoms with Gasteiger partial charge in [-0.2, -0.15) is 0 Å². The van der Waals surface area contributed by atoms with Crippen LogP contribution in [0.3, 0.4) is 0 Å². The van der Waals surface area contributed by atoms with Crippen molar-refractivity contribution in [2.45, 2.75) is 0 Å². The van der Waals surface area contributed by atoms with E-state index in [9.17, 15) is 0 Å². The molecule has 3 aromatic rings. The van der Waals surface area contributed by atoms with Gasteiger partial charge in [-0.05, 0) is 24.3 Å². The third-order valence-electron chi connectivity index (χ3n) is 2.72. The number of pyridine rings is 1. The SMILES string of the molecule is c1ccc(NN=Nc2cccc3cccnc23)cc1. The van der Waals surface area contributed by atoms with Gasteiger partial charge in [0, 0.05) is 11.6 Å². The molecule has 0 amide bonds. The van der Waals surface area contributed by atoms with Crippen LogP contribution in [0.2, 0.25) is 0 Å². The Morgan fingerprint density at radius 3 is 2.58 bits per heavy atom. The summed E-state index contributed by atoms with van der Waals surface area (Å²) in [6.45, 7) is 0. The molecule has 92 valence electrons. The maximum Gasteiger partial charge on any atom is 0.114 e. The van der Waals surface area contributed by atoms with Gasteiger partial charge in [0.2, 0.25) is 0 Å². The number of hydrogen-bond acceptors (Lipinski definition) is 3. The van der Waals surface area contributed by atoms with Crippen LogP contribution in [0.25, 0.3) is 10.9 Å². The summed E-state index contributed by atoms with van der Waals surface area (Å²) in [6.07, 6.45) is 1.76. The van der Waals surface area contributed by atoms with Crippen molar-refractivity contribution in [2.75, 3.05) is 5.43 Å². The lowest BCUT2D eigenvalue weighted by atomic mass is 10.2. The second kappa shape index (κ2) is 5.27. The molecule has 0 bridgehead atoms. The van der Waals surface area contributed by atoms with Crippen molar-refractivity contribution in [1.82, 2.24) is 4.98 Å². The fourth-order valence-corrected chi connectivity index (χ4v) is 1.82. The zero-order chi connectivity index (χ0) is 12.9. The van der Waals surface area contributed by atoms with Crippen molar-refractivity contribution in [1.29, 1.82) is 0 Å². The molecular weight excluding hydrogens is 236 g/mol. The lowest BCUT2D eigenvalue weighted by Crippen LogP contribution is -1.85. The van der Waals surface area contributed by atoms with Crippen LogP contribution in [-0.4, -0.2) is 4.98 Å². The van der Waals surface area contributed by atoms with Crippen LogP contribution in [0.15, 0.2) is 77.2 Å². The Bertz CT molecular complexity index is 702. The molecule has 0 fully saturated rings. The summed E-state index contributed by atoms with van der Waals surface area (Å²) in [5, 5.41) is 9.23. The Hall–Kier alpha value is -2.75. The van der Waals surface area contributed by atoms with Gasteiger partial charge >= 0.3 is 0 Å². The molecular formula is C15H12N4. The number of nitrogens with zero attached hydrogens (tertiary/aromatic N) is 3. The van der Waals surface area contributed by atoms with Crippen molar-refractivity contribution in [3.05, 3.63) is 66.9 Å². The Morgan fingerprint density at radius 1 is 0.842 bits per heavy atom. The molecule has 0 saturated carbocycles. The van der Waals surface area contributed by atoms with Crippen molar-refractivity contribution in [3.63, 3.8) is 0 Å². The number of fused-ring (bicyclic) bond motifs is 1. The summed E-state index contributed by atoms with van der Waals surface area (Å²) in [6, 6.07) is 19.5. The highest BCUT2D eigenvalue weighted by Gasteiger charge is 1.99. The van der Waals surface area contributed by atoms with Gasteiger partial charge in [0.25, 0.3) is 0 Å². The molecule has 1 N–H and O–H groups in total. The topological polar surface area (TPSA) is 49.6 Å². The van der Waals surface area contributed by atoms with Crippen LogP contribution >= 0.6 is 0 Å². The van der Waals surface area contributed by atoms with Crippen LogP contribution in [-0.2, 0) is 0 Å². The monoisotopic (exact) mass is 248 g/mol. The molecule has 0 aliphatic carbocycles. The second-order valence-electron chi connectivity index (χ2n) is 4.03. The van der Waals surface area contributed by atoms with Gasteiger partial charge in [-0.3, -0.25) is 10.4 Å². The van der Waals surface area contributed by atoms with Gasteiger partial charge in [-0.15, -0.1) is 5.11 Å². The van der Waals surface area contributed by atoms with Crippen LogP contribution < -0.4 is 5.43 Å². The molecule has 4 heteroatoms. The molecule has 1 aromatic heterocycles. The minimum absolute atomic E-state index is 0.751. The zero-order valence-electron chi connectivity index (χ0n) is 10.2. The van der Waals surface area contributed by atoms with E-state index in [-0.39, 0.29) is 0 Å². The predicted octanol–water partition coefficient (Wildman–Crippen LogP) is 4.35. The van der Waals surface area contributed by atoms with Crippen molar-refractivity contribution >= 4 is 22.3 Å². The first kappa shape index (κ1) is 11.3. The number of rotatable bonds is 3. The van der Waals surface area contributed by atoms with E-state index in [2.05, 4.69) is 20.7 Å². The average Bonchev–Trinajstić information content (AvgIpc) is 2.49. The number of hydrogen-bond donors (Lipinski definition) is 1. The van der Waals surface area contributed by atoms with Crippen LogP contribution in [0.1, 0.15) is 0 Å². The van der Waals surface area contributed by atoms with Gasteiger partial charge in [0.15, 0.2) is 0 Å².